The Balaban J connectivity index is 1.27. The molecule has 4 heterocycles. The van der Waals surface area contributed by atoms with Crippen molar-refractivity contribution in [2.75, 3.05) is 43.6 Å². The van der Waals surface area contributed by atoms with Gasteiger partial charge in [-0.25, -0.2) is 14.5 Å². The van der Waals surface area contributed by atoms with E-state index in [0.717, 1.165) is 44.5 Å². The van der Waals surface area contributed by atoms with Gasteiger partial charge < -0.3 is 25.0 Å². The number of amides is 1. The third-order valence-electron chi connectivity index (χ3n) is 6.48. The van der Waals surface area contributed by atoms with E-state index in [2.05, 4.69) is 36.7 Å². The van der Waals surface area contributed by atoms with Gasteiger partial charge in [0.1, 0.15) is 28.6 Å². The molecule has 1 aliphatic heterocycles. The lowest BCUT2D eigenvalue weighted by Gasteiger charge is -2.31. The molecule has 1 amide bonds. The van der Waals surface area contributed by atoms with Crippen molar-refractivity contribution in [3.8, 4) is 11.8 Å². The Hall–Kier alpha value is -3.91. The summed E-state index contributed by atoms with van der Waals surface area (Å²) in [5, 5.41) is 19.9. The fraction of sp³-hybridized carbons (Fsp3) is 0.458. The van der Waals surface area contributed by atoms with E-state index in [4.69, 9.17) is 9.47 Å². The van der Waals surface area contributed by atoms with Crippen molar-refractivity contribution < 1.29 is 14.3 Å². The van der Waals surface area contributed by atoms with Gasteiger partial charge in [0.25, 0.3) is 5.91 Å². The molecule has 0 spiro atoms. The van der Waals surface area contributed by atoms with Crippen LogP contribution in [0, 0.1) is 11.3 Å². The zero-order chi connectivity index (χ0) is 24.2. The molecule has 1 saturated carbocycles. The molecule has 0 atom stereocenters. The van der Waals surface area contributed by atoms with E-state index in [1.54, 1.807) is 30.0 Å². The van der Waals surface area contributed by atoms with E-state index in [0.29, 0.717) is 41.7 Å². The van der Waals surface area contributed by atoms with Crippen LogP contribution in [0.2, 0.25) is 0 Å². The molecular formula is C24H28N8O3. The lowest BCUT2D eigenvalue weighted by molar-refractivity contribution is 0.0958. The molecule has 1 aliphatic carbocycles. The third kappa shape index (κ3) is 4.97. The van der Waals surface area contributed by atoms with Crippen LogP contribution in [-0.4, -0.2) is 71.0 Å². The van der Waals surface area contributed by atoms with E-state index in [-0.39, 0.29) is 18.1 Å². The first-order valence-electron chi connectivity index (χ1n) is 11.9. The van der Waals surface area contributed by atoms with Gasteiger partial charge in [-0.15, -0.1) is 0 Å². The van der Waals surface area contributed by atoms with Crippen LogP contribution >= 0.6 is 0 Å². The minimum absolute atomic E-state index is 0.0244. The highest BCUT2D eigenvalue weighted by atomic mass is 16.5. The SMILES string of the molecule is CNC(=O)c1ccnc(NC2CCC(Oc3cc(N4CCOCC4)cn4ncc(C#N)c34)CC2)n1. The maximum absolute atomic E-state index is 11.8. The maximum atomic E-state index is 11.8. The zero-order valence-corrected chi connectivity index (χ0v) is 19.6. The van der Waals surface area contributed by atoms with Gasteiger partial charge in [0.2, 0.25) is 5.95 Å². The van der Waals surface area contributed by atoms with Crippen LogP contribution in [0.3, 0.4) is 0 Å². The van der Waals surface area contributed by atoms with E-state index in [1.807, 2.05) is 12.3 Å². The molecule has 0 aromatic carbocycles. The first-order valence-corrected chi connectivity index (χ1v) is 11.9. The van der Waals surface area contributed by atoms with Gasteiger partial charge in [0.05, 0.1) is 37.4 Å². The number of nitrogens with one attached hydrogen (secondary N) is 2. The normalized spacial score (nSPS) is 20.3. The molecule has 3 aromatic rings. The van der Waals surface area contributed by atoms with Gasteiger partial charge >= 0.3 is 0 Å². The average molecular weight is 477 g/mol. The number of morpholine rings is 1. The number of nitriles is 1. The number of carbonyl (C=O) groups excluding carboxylic acids is 1. The van der Waals surface area contributed by atoms with Crippen LogP contribution in [0.25, 0.3) is 5.52 Å². The molecule has 182 valence electrons. The summed E-state index contributed by atoms with van der Waals surface area (Å²) in [4.78, 5) is 22.6. The summed E-state index contributed by atoms with van der Waals surface area (Å²) in [7, 11) is 1.58. The maximum Gasteiger partial charge on any atom is 0.269 e. The molecule has 5 rings (SSSR count). The van der Waals surface area contributed by atoms with Crippen molar-refractivity contribution in [3.05, 3.63) is 42.0 Å². The minimum Gasteiger partial charge on any atom is -0.488 e. The number of rotatable bonds is 6. The Morgan fingerprint density at radius 2 is 2.06 bits per heavy atom. The molecular weight excluding hydrogens is 448 g/mol. The summed E-state index contributed by atoms with van der Waals surface area (Å²) in [6.07, 6.45) is 8.58. The fourth-order valence-electron chi connectivity index (χ4n) is 4.61. The predicted molar refractivity (Wildman–Crippen MR) is 129 cm³/mol. The predicted octanol–water partition coefficient (Wildman–Crippen LogP) is 1.99. The highest BCUT2D eigenvalue weighted by Crippen LogP contribution is 2.33. The Bertz CT molecular complexity index is 1240. The number of carbonyl (C=O) groups is 1. The van der Waals surface area contributed by atoms with Gasteiger partial charge in [0.15, 0.2) is 0 Å². The lowest BCUT2D eigenvalue weighted by atomic mass is 9.93. The standard InChI is InChI=1S/C24H28N8O3/c1-26-23(33)20-6-7-27-24(30-20)29-17-2-4-19(5-3-17)35-21-12-18(31-8-10-34-11-9-31)15-32-22(21)16(13-25)14-28-32/h6-7,12,14-15,17,19H,2-5,8-11H2,1H3,(H,26,33)(H,27,29,30). The largest absolute Gasteiger partial charge is 0.488 e. The topological polar surface area (TPSA) is 130 Å². The number of ether oxygens (including phenoxy) is 2. The van der Waals surface area contributed by atoms with Gasteiger partial charge in [-0.2, -0.15) is 10.4 Å². The molecule has 0 radical (unpaired) electrons. The Labute approximate surface area is 203 Å². The van der Waals surface area contributed by atoms with Crippen molar-refractivity contribution >= 4 is 23.1 Å². The molecule has 1 saturated heterocycles. The molecule has 2 aliphatic rings. The van der Waals surface area contributed by atoms with E-state index >= 15 is 0 Å². The molecule has 35 heavy (non-hydrogen) atoms. The molecule has 2 fully saturated rings. The van der Waals surface area contributed by atoms with Crippen molar-refractivity contribution in [1.82, 2.24) is 24.9 Å². The average Bonchev–Trinajstić information content (AvgIpc) is 3.33. The molecule has 2 N–H and O–H groups in total. The second kappa shape index (κ2) is 10.1. The number of aromatic nitrogens is 4. The van der Waals surface area contributed by atoms with Crippen molar-refractivity contribution in [2.24, 2.45) is 0 Å². The number of anilines is 2. The molecule has 0 bridgehead atoms. The van der Waals surface area contributed by atoms with Crippen molar-refractivity contribution in [3.63, 3.8) is 0 Å². The van der Waals surface area contributed by atoms with Gasteiger partial charge in [-0.3, -0.25) is 4.79 Å². The van der Waals surface area contributed by atoms with Crippen molar-refractivity contribution in [2.45, 2.75) is 37.8 Å². The van der Waals surface area contributed by atoms with Crippen LogP contribution in [-0.2, 0) is 4.74 Å². The number of fused-ring (bicyclic) bond motifs is 1. The number of hydrogen-bond acceptors (Lipinski definition) is 9. The smallest absolute Gasteiger partial charge is 0.269 e. The highest BCUT2D eigenvalue weighted by molar-refractivity contribution is 5.92. The summed E-state index contributed by atoms with van der Waals surface area (Å²) in [5.74, 6) is 0.893. The Morgan fingerprint density at radius 1 is 1.26 bits per heavy atom. The number of hydrogen-bond donors (Lipinski definition) is 2. The summed E-state index contributed by atoms with van der Waals surface area (Å²) in [5.41, 5.74) is 2.54. The number of nitrogens with zero attached hydrogens (tertiary/aromatic N) is 6. The number of pyridine rings is 1. The molecule has 11 heteroatoms. The Morgan fingerprint density at radius 3 is 2.80 bits per heavy atom. The summed E-state index contributed by atoms with van der Waals surface area (Å²) < 4.78 is 13.7. The summed E-state index contributed by atoms with van der Waals surface area (Å²) in [6, 6.07) is 6.03. The molecule has 0 unspecified atom stereocenters. The van der Waals surface area contributed by atoms with Crippen LogP contribution in [0.15, 0.2) is 30.7 Å². The van der Waals surface area contributed by atoms with Crippen LogP contribution in [0.1, 0.15) is 41.7 Å². The monoisotopic (exact) mass is 476 g/mol. The second-order valence-electron chi connectivity index (χ2n) is 8.71. The third-order valence-corrected chi connectivity index (χ3v) is 6.48. The van der Waals surface area contributed by atoms with Crippen molar-refractivity contribution in [1.29, 1.82) is 5.26 Å². The van der Waals surface area contributed by atoms with Crippen LogP contribution in [0.5, 0.6) is 5.75 Å². The Kier molecular flexibility index (Phi) is 6.63. The second-order valence-corrected chi connectivity index (χ2v) is 8.71. The fourth-order valence-corrected chi connectivity index (χ4v) is 4.61. The van der Waals surface area contributed by atoms with Crippen LogP contribution < -0.4 is 20.3 Å². The van der Waals surface area contributed by atoms with E-state index < -0.39 is 0 Å². The van der Waals surface area contributed by atoms with Gasteiger partial charge in [0, 0.05) is 38.4 Å². The summed E-state index contributed by atoms with van der Waals surface area (Å²) >= 11 is 0. The lowest BCUT2D eigenvalue weighted by Crippen LogP contribution is -2.36. The quantitative estimate of drug-likeness (QED) is 0.548. The van der Waals surface area contributed by atoms with Crippen LogP contribution in [0.4, 0.5) is 11.6 Å². The first-order chi connectivity index (χ1) is 17.1. The summed E-state index contributed by atoms with van der Waals surface area (Å²) in [6.45, 7) is 2.97. The highest BCUT2D eigenvalue weighted by Gasteiger charge is 2.25. The van der Waals surface area contributed by atoms with Gasteiger partial charge in [-0.1, -0.05) is 0 Å². The minimum atomic E-state index is -0.241. The van der Waals surface area contributed by atoms with E-state index in [1.165, 1.54) is 0 Å². The van der Waals surface area contributed by atoms with Gasteiger partial charge in [-0.05, 0) is 31.7 Å². The molecule has 11 nitrogen and oxygen atoms in total. The first kappa shape index (κ1) is 22.9. The van der Waals surface area contributed by atoms with E-state index in [9.17, 15) is 10.1 Å². The zero-order valence-electron chi connectivity index (χ0n) is 19.6. The molecule has 3 aromatic heterocycles.